The molecular formula is C11H14FNO3. The Labute approximate surface area is 93.0 Å². The van der Waals surface area contributed by atoms with Crippen LogP contribution in [-0.4, -0.2) is 28.7 Å². The molecule has 88 valence electrons. The summed E-state index contributed by atoms with van der Waals surface area (Å²) in [6.07, 6.45) is -0.650. The van der Waals surface area contributed by atoms with E-state index in [-0.39, 0.29) is 12.4 Å². The van der Waals surface area contributed by atoms with Crippen molar-refractivity contribution in [3.05, 3.63) is 29.6 Å². The predicted molar refractivity (Wildman–Crippen MR) is 57.6 cm³/mol. The van der Waals surface area contributed by atoms with Gasteiger partial charge in [-0.15, -0.1) is 0 Å². The van der Waals surface area contributed by atoms with Crippen LogP contribution in [0.25, 0.3) is 0 Å². The zero-order valence-corrected chi connectivity index (χ0v) is 9.14. The van der Waals surface area contributed by atoms with Gasteiger partial charge in [-0.25, -0.2) is 4.39 Å². The molecule has 0 aliphatic heterocycles. The second-order valence-corrected chi connectivity index (χ2v) is 3.49. The van der Waals surface area contributed by atoms with Gasteiger partial charge in [-0.1, -0.05) is 5.16 Å². The van der Waals surface area contributed by atoms with Crippen LogP contribution in [0, 0.1) is 5.82 Å². The molecule has 2 N–H and O–H groups in total. The summed E-state index contributed by atoms with van der Waals surface area (Å²) in [5, 5.41) is 20.7. The first-order chi connectivity index (χ1) is 7.54. The number of aliphatic hydroxyl groups is 1. The van der Waals surface area contributed by atoms with E-state index >= 15 is 0 Å². The van der Waals surface area contributed by atoms with Crippen molar-refractivity contribution in [3.63, 3.8) is 0 Å². The van der Waals surface area contributed by atoms with Gasteiger partial charge in [0, 0.05) is 11.6 Å². The van der Waals surface area contributed by atoms with Crippen molar-refractivity contribution in [1.82, 2.24) is 0 Å². The number of halogens is 1. The van der Waals surface area contributed by atoms with Crippen LogP contribution >= 0.6 is 0 Å². The summed E-state index contributed by atoms with van der Waals surface area (Å²) < 4.78 is 18.2. The smallest absolute Gasteiger partial charge is 0.131 e. The second-order valence-electron chi connectivity index (χ2n) is 3.49. The molecule has 1 aromatic rings. The number of hydrogen-bond acceptors (Lipinski definition) is 4. The first-order valence-corrected chi connectivity index (χ1v) is 4.84. The molecule has 0 aliphatic rings. The Morgan fingerprint density at radius 2 is 2.25 bits per heavy atom. The van der Waals surface area contributed by atoms with E-state index in [1.807, 2.05) is 0 Å². The number of aliphatic hydroxyl groups excluding tert-OH is 1. The molecule has 1 unspecified atom stereocenters. The fraction of sp³-hybridized carbons (Fsp3) is 0.364. The van der Waals surface area contributed by atoms with Crippen molar-refractivity contribution < 1.29 is 19.4 Å². The van der Waals surface area contributed by atoms with Crippen LogP contribution in [0.3, 0.4) is 0 Å². The Hall–Kier alpha value is -1.62. The second kappa shape index (κ2) is 5.46. The van der Waals surface area contributed by atoms with Gasteiger partial charge in [0.05, 0.1) is 11.8 Å². The van der Waals surface area contributed by atoms with E-state index in [1.54, 1.807) is 13.8 Å². The number of benzene rings is 1. The van der Waals surface area contributed by atoms with Gasteiger partial charge >= 0.3 is 0 Å². The molecule has 0 saturated carbocycles. The van der Waals surface area contributed by atoms with Crippen LogP contribution in [-0.2, 0) is 0 Å². The molecule has 0 spiro atoms. The molecule has 0 radical (unpaired) electrons. The molecule has 5 heteroatoms. The van der Waals surface area contributed by atoms with Crippen LogP contribution in [0.5, 0.6) is 5.75 Å². The van der Waals surface area contributed by atoms with Crippen LogP contribution in [0.2, 0.25) is 0 Å². The minimum atomic E-state index is -0.650. The molecule has 4 nitrogen and oxygen atoms in total. The lowest BCUT2D eigenvalue weighted by molar-refractivity contribution is 0.122. The number of hydrogen-bond donors (Lipinski definition) is 2. The zero-order chi connectivity index (χ0) is 12.1. The molecule has 0 heterocycles. The van der Waals surface area contributed by atoms with Crippen LogP contribution in [0.4, 0.5) is 4.39 Å². The molecule has 1 atom stereocenters. The van der Waals surface area contributed by atoms with Crippen molar-refractivity contribution in [3.8, 4) is 5.75 Å². The zero-order valence-electron chi connectivity index (χ0n) is 9.14. The molecule has 0 aliphatic carbocycles. The summed E-state index contributed by atoms with van der Waals surface area (Å²) in [5.74, 6) is -0.203. The van der Waals surface area contributed by atoms with Gasteiger partial charge in [0.1, 0.15) is 18.2 Å². The van der Waals surface area contributed by atoms with Crippen LogP contribution < -0.4 is 4.74 Å². The lowest BCUT2D eigenvalue weighted by atomic mass is 10.1. The van der Waals surface area contributed by atoms with E-state index < -0.39 is 11.9 Å². The van der Waals surface area contributed by atoms with E-state index in [0.29, 0.717) is 11.3 Å². The molecule has 0 amide bonds. The largest absolute Gasteiger partial charge is 0.490 e. The van der Waals surface area contributed by atoms with Crippen molar-refractivity contribution in [1.29, 1.82) is 0 Å². The quantitative estimate of drug-likeness (QED) is 0.468. The van der Waals surface area contributed by atoms with E-state index in [4.69, 9.17) is 15.1 Å². The predicted octanol–water partition coefficient (Wildman–Crippen LogP) is 1.78. The first kappa shape index (κ1) is 12.4. The van der Waals surface area contributed by atoms with E-state index in [9.17, 15) is 4.39 Å². The third kappa shape index (κ3) is 3.20. The van der Waals surface area contributed by atoms with E-state index in [1.165, 1.54) is 18.2 Å². The topological polar surface area (TPSA) is 62.1 Å². The monoisotopic (exact) mass is 227 g/mol. The lowest BCUT2D eigenvalue weighted by Gasteiger charge is -2.12. The highest BCUT2D eigenvalue weighted by Crippen LogP contribution is 2.21. The van der Waals surface area contributed by atoms with Crippen molar-refractivity contribution >= 4 is 5.71 Å². The minimum absolute atomic E-state index is 0.0508. The maximum Gasteiger partial charge on any atom is 0.131 e. The third-order valence-electron chi connectivity index (χ3n) is 1.96. The van der Waals surface area contributed by atoms with Gasteiger partial charge in [0.25, 0.3) is 0 Å². The fourth-order valence-corrected chi connectivity index (χ4v) is 1.18. The van der Waals surface area contributed by atoms with Gasteiger partial charge in [-0.3, -0.25) is 0 Å². The Kier molecular flexibility index (Phi) is 4.25. The Morgan fingerprint density at radius 3 is 2.81 bits per heavy atom. The minimum Gasteiger partial charge on any atom is -0.490 e. The Morgan fingerprint density at radius 1 is 1.56 bits per heavy atom. The highest BCUT2D eigenvalue weighted by Gasteiger charge is 2.09. The number of nitrogens with zero attached hydrogens (tertiary/aromatic N) is 1. The number of oxime groups is 1. The molecule has 16 heavy (non-hydrogen) atoms. The SMILES string of the molecule is CC(=NO)c1ccc(F)cc1OCC(C)O. The van der Waals surface area contributed by atoms with Gasteiger partial charge in [-0.2, -0.15) is 0 Å². The summed E-state index contributed by atoms with van der Waals surface area (Å²) in [5.41, 5.74) is 0.810. The van der Waals surface area contributed by atoms with Crippen molar-refractivity contribution in [2.24, 2.45) is 5.16 Å². The number of ether oxygens (including phenoxy) is 1. The average Bonchev–Trinajstić information content (AvgIpc) is 2.25. The van der Waals surface area contributed by atoms with Crippen molar-refractivity contribution in [2.75, 3.05) is 6.61 Å². The molecule has 0 bridgehead atoms. The average molecular weight is 227 g/mol. The van der Waals surface area contributed by atoms with E-state index in [2.05, 4.69) is 5.16 Å². The fourth-order valence-electron chi connectivity index (χ4n) is 1.18. The summed E-state index contributed by atoms with van der Waals surface area (Å²) in [6.45, 7) is 3.18. The summed E-state index contributed by atoms with van der Waals surface area (Å²) >= 11 is 0. The molecule has 0 fully saturated rings. The summed E-state index contributed by atoms with van der Waals surface area (Å²) in [4.78, 5) is 0. The molecule has 0 saturated heterocycles. The maximum absolute atomic E-state index is 13.0. The van der Waals surface area contributed by atoms with Gasteiger partial charge in [0.2, 0.25) is 0 Å². The maximum atomic E-state index is 13.0. The van der Waals surface area contributed by atoms with E-state index in [0.717, 1.165) is 0 Å². The molecule has 1 aromatic carbocycles. The van der Waals surface area contributed by atoms with Crippen LogP contribution in [0.1, 0.15) is 19.4 Å². The highest BCUT2D eigenvalue weighted by molar-refractivity contribution is 6.00. The number of rotatable bonds is 4. The summed E-state index contributed by atoms with van der Waals surface area (Å²) in [7, 11) is 0. The van der Waals surface area contributed by atoms with Crippen molar-refractivity contribution in [2.45, 2.75) is 20.0 Å². The van der Waals surface area contributed by atoms with Gasteiger partial charge < -0.3 is 15.1 Å². The van der Waals surface area contributed by atoms with Crippen LogP contribution in [0.15, 0.2) is 23.4 Å². The summed E-state index contributed by atoms with van der Waals surface area (Å²) in [6, 6.07) is 3.90. The third-order valence-corrected chi connectivity index (χ3v) is 1.96. The first-order valence-electron chi connectivity index (χ1n) is 4.84. The lowest BCUT2D eigenvalue weighted by Crippen LogP contribution is -2.14. The Bertz CT molecular complexity index is 391. The molecular weight excluding hydrogens is 213 g/mol. The molecule has 1 rings (SSSR count). The van der Waals surface area contributed by atoms with Gasteiger partial charge in [0.15, 0.2) is 0 Å². The standard InChI is InChI=1S/C11H14FNO3/c1-7(14)6-16-11-5-9(12)3-4-10(11)8(2)13-15/h3-5,7,14-15H,6H2,1-2H3. The highest BCUT2D eigenvalue weighted by atomic mass is 19.1. The van der Waals surface area contributed by atoms with Gasteiger partial charge in [-0.05, 0) is 26.0 Å². The normalized spacial score (nSPS) is 13.6. The Balaban J connectivity index is 2.99. The molecule has 0 aromatic heterocycles.